The van der Waals surface area contributed by atoms with Gasteiger partial charge in [0, 0.05) is 44.5 Å². The molecule has 1 N–H and O–H groups in total. The number of pyridine rings is 1. The van der Waals surface area contributed by atoms with Crippen molar-refractivity contribution in [3.05, 3.63) is 63.6 Å². The molecule has 0 saturated heterocycles. The van der Waals surface area contributed by atoms with Gasteiger partial charge in [0.1, 0.15) is 0 Å². The van der Waals surface area contributed by atoms with E-state index < -0.39 is 10.0 Å². The monoisotopic (exact) mass is 389 g/mol. The quantitative estimate of drug-likeness (QED) is 0.834. The summed E-state index contributed by atoms with van der Waals surface area (Å²) in [5.74, 6) is -0.153. The molecule has 0 radical (unpaired) electrons. The second kappa shape index (κ2) is 7.66. The number of hydrogen-bond acceptors (Lipinski definition) is 4. The number of nitrogens with one attached hydrogen (secondary N) is 1. The van der Waals surface area contributed by atoms with Crippen molar-refractivity contribution in [3.8, 4) is 0 Å². The van der Waals surface area contributed by atoms with E-state index in [0.29, 0.717) is 38.0 Å². The van der Waals surface area contributed by atoms with Gasteiger partial charge in [-0.05, 0) is 48.2 Å². The van der Waals surface area contributed by atoms with Crippen LogP contribution in [0.1, 0.15) is 34.8 Å². The molecule has 0 saturated carbocycles. The standard InChI is InChI=1S/C19H23N3O4S/c1-3-9-20-27(25,26)17-6-4-14(5-7-17)19(24)22-10-8-15-11-18(23)21(2)12-16(15)13-22/h4-7,11-12,20H,3,8-10,13H2,1-2H3. The van der Waals surface area contributed by atoms with E-state index in [1.54, 1.807) is 36.3 Å². The molecule has 1 aromatic heterocycles. The largest absolute Gasteiger partial charge is 0.334 e. The summed E-state index contributed by atoms with van der Waals surface area (Å²) >= 11 is 0. The first-order chi connectivity index (χ1) is 12.8. The van der Waals surface area contributed by atoms with Crippen LogP contribution in [-0.2, 0) is 30.0 Å². The maximum absolute atomic E-state index is 12.8. The van der Waals surface area contributed by atoms with Gasteiger partial charge in [0.2, 0.25) is 10.0 Å². The molecule has 0 fully saturated rings. The molecule has 0 spiro atoms. The minimum Gasteiger partial charge on any atom is -0.334 e. The Bertz CT molecular complexity index is 1010. The van der Waals surface area contributed by atoms with Crippen molar-refractivity contribution in [1.82, 2.24) is 14.2 Å². The molecule has 7 nitrogen and oxygen atoms in total. The van der Waals surface area contributed by atoms with Crippen molar-refractivity contribution in [2.24, 2.45) is 7.05 Å². The van der Waals surface area contributed by atoms with E-state index in [-0.39, 0.29) is 16.4 Å². The first-order valence-electron chi connectivity index (χ1n) is 8.89. The highest BCUT2D eigenvalue weighted by Crippen LogP contribution is 2.20. The number of nitrogens with zero attached hydrogens (tertiary/aromatic N) is 2. The van der Waals surface area contributed by atoms with Gasteiger partial charge < -0.3 is 9.47 Å². The van der Waals surface area contributed by atoms with Gasteiger partial charge in [-0.1, -0.05) is 6.92 Å². The van der Waals surface area contributed by atoms with Crippen LogP contribution in [0.5, 0.6) is 0 Å². The molecule has 0 aliphatic carbocycles. The normalized spacial score (nSPS) is 14.1. The number of rotatable bonds is 5. The number of carbonyl (C=O) groups is 1. The summed E-state index contributed by atoms with van der Waals surface area (Å²) in [7, 11) is -1.86. The number of amides is 1. The molecule has 1 aromatic carbocycles. The van der Waals surface area contributed by atoms with Gasteiger partial charge in [0.25, 0.3) is 11.5 Å². The van der Waals surface area contributed by atoms with E-state index in [9.17, 15) is 18.0 Å². The summed E-state index contributed by atoms with van der Waals surface area (Å²) in [5.41, 5.74) is 2.32. The molecule has 144 valence electrons. The number of fused-ring (bicyclic) bond motifs is 1. The third-order valence-corrected chi connectivity index (χ3v) is 6.14. The molecule has 0 bridgehead atoms. The van der Waals surface area contributed by atoms with Crippen molar-refractivity contribution in [2.75, 3.05) is 13.1 Å². The Labute approximate surface area is 158 Å². The Morgan fingerprint density at radius 2 is 1.89 bits per heavy atom. The lowest BCUT2D eigenvalue weighted by Gasteiger charge is -2.29. The SMILES string of the molecule is CCCNS(=O)(=O)c1ccc(C(=O)N2CCc3cc(=O)n(C)cc3C2)cc1. The second-order valence-electron chi connectivity index (χ2n) is 6.67. The van der Waals surface area contributed by atoms with Crippen LogP contribution in [0, 0.1) is 0 Å². The lowest BCUT2D eigenvalue weighted by atomic mass is 10.0. The number of hydrogen-bond donors (Lipinski definition) is 1. The number of carbonyl (C=O) groups excluding carboxylic acids is 1. The van der Waals surface area contributed by atoms with Crippen LogP contribution in [0.2, 0.25) is 0 Å². The number of benzene rings is 1. The zero-order valence-corrected chi connectivity index (χ0v) is 16.3. The molecule has 0 atom stereocenters. The van der Waals surface area contributed by atoms with Gasteiger partial charge >= 0.3 is 0 Å². The van der Waals surface area contributed by atoms with Gasteiger partial charge in [-0.15, -0.1) is 0 Å². The Hall–Kier alpha value is -2.45. The molecule has 0 unspecified atom stereocenters. The summed E-state index contributed by atoms with van der Waals surface area (Å²) < 4.78 is 28.3. The van der Waals surface area contributed by atoms with Gasteiger partial charge in [-0.25, -0.2) is 13.1 Å². The van der Waals surface area contributed by atoms with Gasteiger partial charge in [-0.2, -0.15) is 0 Å². The van der Waals surface area contributed by atoms with Crippen molar-refractivity contribution in [2.45, 2.75) is 31.2 Å². The van der Waals surface area contributed by atoms with E-state index in [0.717, 1.165) is 11.1 Å². The van der Waals surface area contributed by atoms with Gasteiger partial charge in [0.05, 0.1) is 4.90 Å². The highest BCUT2D eigenvalue weighted by atomic mass is 32.2. The Morgan fingerprint density at radius 1 is 1.19 bits per heavy atom. The fourth-order valence-electron chi connectivity index (χ4n) is 3.09. The molecule has 1 aliphatic heterocycles. The fourth-order valence-corrected chi connectivity index (χ4v) is 4.23. The van der Waals surface area contributed by atoms with Gasteiger partial charge in [0.15, 0.2) is 0 Å². The van der Waals surface area contributed by atoms with E-state index in [4.69, 9.17) is 0 Å². The minimum atomic E-state index is -3.55. The third kappa shape index (κ3) is 4.12. The maximum Gasteiger partial charge on any atom is 0.254 e. The molecule has 1 aliphatic rings. The third-order valence-electron chi connectivity index (χ3n) is 4.66. The molecule has 1 amide bonds. The first-order valence-corrected chi connectivity index (χ1v) is 10.4. The molecule has 2 aromatic rings. The van der Waals surface area contributed by atoms with Crippen LogP contribution in [0.3, 0.4) is 0 Å². The summed E-state index contributed by atoms with van der Waals surface area (Å²) in [4.78, 5) is 26.4. The van der Waals surface area contributed by atoms with Crippen LogP contribution < -0.4 is 10.3 Å². The van der Waals surface area contributed by atoms with E-state index in [1.807, 2.05) is 6.92 Å². The van der Waals surface area contributed by atoms with Crippen molar-refractivity contribution in [3.63, 3.8) is 0 Å². The summed E-state index contributed by atoms with van der Waals surface area (Å²) in [6.07, 6.45) is 3.11. The Morgan fingerprint density at radius 3 is 2.56 bits per heavy atom. The minimum absolute atomic E-state index is 0.0537. The maximum atomic E-state index is 12.8. The van der Waals surface area contributed by atoms with Crippen LogP contribution in [0.25, 0.3) is 0 Å². The molecular weight excluding hydrogens is 366 g/mol. The zero-order valence-electron chi connectivity index (χ0n) is 15.4. The average Bonchev–Trinajstić information content (AvgIpc) is 2.66. The highest BCUT2D eigenvalue weighted by Gasteiger charge is 2.23. The Kier molecular flexibility index (Phi) is 5.48. The van der Waals surface area contributed by atoms with E-state index in [2.05, 4.69) is 4.72 Å². The highest BCUT2D eigenvalue weighted by molar-refractivity contribution is 7.89. The van der Waals surface area contributed by atoms with Gasteiger partial charge in [-0.3, -0.25) is 9.59 Å². The molecule has 27 heavy (non-hydrogen) atoms. The topological polar surface area (TPSA) is 88.5 Å². The number of sulfonamides is 1. The predicted molar refractivity (Wildman–Crippen MR) is 102 cm³/mol. The predicted octanol–water partition coefficient (Wildman–Crippen LogP) is 1.27. The number of aryl methyl sites for hydroxylation is 1. The zero-order chi connectivity index (χ0) is 19.6. The lowest BCUT2D eigenvalue weighted by molar-refractivity contribution is 0.0734. The van der Waals surface area contributed by atoms with Crippen molar-refractivity contribution >= 4 is 15.9 Å². The van der Waals surface area contributed by atoms with Crippen LogP contribution in [-0.4, -0.2) is 36.9 Å². The molecule has 8 heteroatoms. The van der Waals surface area contributed by atoms with Crippen molar-refractivity contribution < 1.29 is 13.2 Å². The smallest absolute Gasteiger partial charge is 0.254 e. The molecular formula is C19H23N3O4S. The summed E-state index contributed by atoms with van der Waals surface area (Å²) in [6, 6.07) is 7.61. The van der Waals surface area contributed by atoms with Crippen LogP contribution in [0.15, 0.2) is 46.2 Å². The fraction of sp³-hybridized carbons (Fsp3) is 0.368. The van der Waals surface area contributed by atoms with E-state index >= 15 is 0 Å². The Balaban J connectivity index is 1.76. The molecule has 2 heterocycles. The van der Waals surface area contributed by atoms with Crippen LogP contribution >= 0.6 is 0 Å². The van der Waals surface area contributed by atoms with Crippen LogP contribution in [0.4, 0.5) is 0 Å². The lowest BCUT2D eigenvalue weighted by Crippen LogP contribution is -2.37. The summed E-state index contributed by atoms with van der Waals surface area (Å²) in [6.45, 7) is 3.22. The second-order valence-corrected chi connectivity index (χ2v) is 8.44. The number of aromatic nitrogens is 1. The molecule has 3 rings (SSSR count). The average molecular weight is 389 g/mol. The summed E-state index contributed by atoms with van der Waals surface area (Å²) in [5, 5.41) is 0. The van der Waals surface area contributed by atoms with E-state index in [1.165, 1.54) is 16.7 Å². The first kappa shape index (κ1) is 19.3. The van der Waals surface area contributed by atoms with Crippen molar-refractivity contribution in [1.29, 1.82) is 0 Å².